The first-order chi connectivity index (χ1) is 12.3. The Bertz CT molecular complexity index is 904. The lowest BCUT2D eigenvalue weighted by Crippen LogP contribution is -2.42. The normalized spacial score (nSPS) is 15.6. The van der Waals surface area contributed by atoms with Gasteiger partial charge in [-0.3, -0.25) is 9.78 Å². The van der Waals surface area contributed by atoms with Crippen molar-refractivity contribution in [2.24, 2.45) is 5.10 Å². The number of halogens is 1. The smallest absolute Gasteiger partial charge is 0.272 e. The summed E-state index contributed by atoms with van der Waals surface area (Å²) in [5.41, 5.74) is 6.99. The van der Waals surface area contributed by atoms with Gasteiger partial charge in [0.05, 0.1) is 22.3 Å². The van der Waals surface area contributed by atoms with Crippen LogP contribution in [0.15, 0.2) is 47.8 Å². The molecule has 0 saturated carbocycles. The van der Waals surface area contributed by atoms with Crippen LogP contribution in [0.25, 0.3) is 5.57 Å². The second-order valence-corrected chi connectivity index (χ2v) is 7.28. The Balaban J connectivity index is 1.84. The summed E-state index contributed by atoms with van der Waals surface area (Å²) in [6.45, 7) is 6.42. The Morgan fingerprint density at radius 3 is 2.85 bits per heavy atom. The van der Waals surface area contributed by atoms with Crippen LogP contribution in [0.3, 0.4) is 0 Å². The highest BCUT2D eigenvalue weighted by Crippen LogP contribution is 2.40. The van der Waals surface area contributed by atoms with Gasteiger partial charge in [-0.15, -0.1) is 0 Å². The minimum absolute atomic E-state index is 0.0757. The summed E-state index contributed by atoms with van der Waals surface area (Å²) in [5.74, 6) is -0.319. The first-order valence-corrected chi connectivity index (χ1v) is 8.68. The Hall–Kier alpha value is -2.66. The second-order valence-electron chi connectivity index (χ2n) is 6.87. The highest BCUT2D eigenvalue weighted by Gasteiger charge is 2.29. The highest BCUT2D eigenvalue weighted by atomic mass is 35.5. The van der Waals surface area contributed by atoms with Gasteiger partial charge >= 0.3 is 0 Å². The van der Waals surface area contributed by atoms with E-state index in [0.717, 1.165) is 16.8 Å². The molecular weight excluding hydrogens is 348 g/mol. The number of anilines is 1. The number of likely N-dealkylation sites (N-methyl/N-ethyl adjacent to an activating group) is 1. The molecule has 1 aliphatic rings. The molecule has 134 valence electrons. The van der Waals surface area contributed by atoms with Crippen molar-refractivity contribution in [1.29, 1.82) is 0 Å². The number of allylic oxidation sites excluding steroid dienone is 1. The van der Waals surface area contributed by atoms with Gasteiger partial charge in [-0.1, -0.05) is 17.7 Å². The van der Waals surface area contributed by atoms with Gasteiger partial charge in [0, 0.05) is 36.3 Å². The van der Waals surface area contributed by atoms with Gasteiger partial charge in [0.15, 0.2) is 0 Å². The van der Waals surface area contributed by atoms with Crippen LogP contribution in [0.1, 0.15) is 42.3 Å². The van der Waals surface area contributed by atoms with Crippen LogP contribution in [-0.4, -0.2) is 29.7 Å². The summed E-state index contributed by atoms with van der Waals surface area (Å²) in [6, 6.07) is 7.32. The number of aromatic nitrogens is 1. The Morgan fingerprint density at radius 1 is 1.38 bits per heavy atom. The number of carbonyl (C=O) groups is 1. The maximum Gasteiger partial charge on any atom is 0.272 e. The molecule has 6 heteroatoms. The minimum atomic E-state index is -0.319. The fourth-order valence-electron chi connectivity index (χ4n) is 3.01. The van der Waals surface area contributed by atoms with Gasteiger partial charge in [0.2, 0.25) is 0 Å². The number of fused-ring (bicyclic) bond motifs is 1. The number of rotatable bonds is 3. The molecule has 3 rings (SSSR count). The van der Waals surface area contributed by atoms with E-state index in [1.54, 1.807) is 24.5 Å². The molecule has 0 fully saturated rings. The summed E-state index contributed by atoms with van der Waals surface area (Å²) >= 11 is 6.44. The van der Waals surface area contributed by atoms with Gasteiger partial charge in [-0.05, 0) is 50.6 Å². The molecule has 0 atom stereocenters. The molecule has 26 heavy (non-hydrogen) atoms. The lowest BCUT2D eigenvalue weighted by molar-refractivity contribution is 0.0955. The number of benzene rings is 1. The van der Waals surface area contributed by atoms with E-state index >= 15 is 0 Å². The van der Waals surface area contributed by atoms with E-state index in [9.17, 15) is 4.79 Å². The number of hydrogen-bond donors (Lipinski definition) is 1. The van der Waals surface area contributed by atoms with Crippen molar-refractivity contribution in [2.75, 3.05) is 11.9 Å². The first-order valence-electron chi connectivity index (χ1n) is 8.30. The third-order valence-corrected chi connectivity index (χ3v) is 4.96. The molecule has 2 heterocycles. The monoisotopic (exact) mass is 368 g/mol. The van der Waals surface area contributed by atoms with Crippen LogP contribution in [0.2, 0.25) is 5.02 Å². The van der Waals surface area contributed by atoms with Crippen molar-refractivity contribution in [3.63, 3.8) is 0 Å². The van der Waals surface area contributed by atoms with Crippen molar-refractivity contribution < 1.29 is 4.79 Å². The van der Waals surface area contributed by atoms with E-state index in [0.29, 0.717) is 10.6 Å². The molecule has 1 aromatic heterocycles. The number of hydrogen-bond acceptors (Lipinski definition) is 4. The molecule has 0 saturated heterocycles. The average molecular weight is 369 g/mol. The van der Waals surface area contributed by atoms with Crippen molar-refractivity contribution in [1.82, 2.24) is 10.4 Å². The number of nitrogens with one attached hydrogen (secondary N) is 1. The van der Waals surface area contributed by atoms with E-state index in [-0.39, 0.29) is 11.4 Å². The number of pyridine rings is 1. The average Bonchev–Trinajstić information content (AvgIpc) is 2.61. The van der Waals surface area contributed by atoms with Crippen LogP contribution >= 0.6 is 11.6 Å². The Morgan fingerprint density at radius 2 is 2.15 bits per heavy atom. The molecule has 1 aliphatic heterocycles. The van der Waals surface area contributed by atoms with Crippen LogP contribution in [0, 0.1) is 0 Å². The molecule has 0 aliphatic carbocycles. The van der Waals surface area contributed by atoms with Crippen LogP contribution in [-0.2, 0) is 0 Å². The van der Waals surface area contributed by atoms with E-state index in [1.165, 1.54) is 11.8 Å². The van der Waals surface area contributed by atoms with Crippen molar-refractivity contribution in [2.45, 2.75) is 26.3 Å². The van der Waals surface area contributed by atoms with Gasteiger partial charge in [0.1, 0.15) is 0 Å². The van der Waals surface area contributed by atoms with Gasteiger partial charge in [-0.25, -0.2) is 5.43 Å². The fourth-order valence-corrected chi connectivity index (χ4v) is 3.22. The summed E-state index contributed by atoms with van der Waals surface area (Å²) in [5, 5.41) is 4.61. The molecule has 5 nitrogen and oxygen atoms in total. The topological polar surface area (TPSA) is 57.6 Å². The lowest BCUT2D eigenvalue weighted by Gasteiger charge is -2.40. The third-order valence-electron chi connectivity index (χ3n) is 4.63. The summed E-state index contributed by atoms with van der Waals surface area (Å²) < 4.78 is 0. The van der Waals surface area contributed by atoms with Gasteiger partial charge in [-0.2, -0.15) is 5.10 Å². The number of carbonyl (C=O) groups excluding carboxylic acids is 1. The van der Waals surface area contributed by atoms with Crippen molar-refractivity contribution in [3.8, 4) is 0 Å². The summed E-state index contributed by atoms with van der Waals surface area (Å²) in [6.07, 6.45) is 6.89. The molecule has 2 aromatic rings. The zero-order valence-corrected chi connectivity index (χ0v) is 16.0. The Kier molecular flexibility index (Phi) is 4.83. The quantitative estimate of drug-likeness (QED) is 0.654. The standard InChI is InChI=1S/C20H21ClN4O/c1-13-10-20(2,3)25(4)18-9-17(21)15(8-16(13)18)12-23-24-19(26)14-6-5-7-22-11-14/h5-12H,1-4H3,(H,24,26)/b23-12+. The predicted octanol–water partition coefficient (Wildman–Crippen LogP) is 4.13. The SMILES string of the molecule is CC1=CC(C)(C)N(C)c2cc(Cl)c(/C=N/NC(=O)c3cccnc3)cc21. The molecule has 1 N–H and O–H groups in total. The van der Waals surface area contributed by atoms with E-state index in [4.69, 9.17) is 11.6 Å². The lowest BCUT2D eigenvalue weighted by atomic mass is 9.88. The van der Waals surface area contributed by atoms with E-state index < -0.39 is 0 Å². The number of hydrazone groups is 1. The van der Waals surface area contributed by atoms with Crippen LogP contribution < -0.4 is 10.3 Å². The zero-order chi connectivity index (χ0) is 18.9. The van der Waals surface area contributed by atoms with Crippen LogP contribution in [0.5, 0.6) is 0 Å². The first kappa shape index (κ1) is 18.1. The molecule has 0 spiro atoms. The fraction of sp³-hybridized carbons (Fsp3) is 0.250. The molecule has 0 radical (unpaired) electrons. The maximum absolute atomic E-state index is 12.0. The van der Waals surface area contributed by atoms with Gasteiger partial charge in [0.25, 0.3) is 5.91 Å². The predicted molar refractivity (Wildman–Crippen MR) is 107 cm³/mol. The molecular formula is C20H21ClN4O. The van der Waals surface area contributed by atoms with Crippen LogP contribution in [0.4, 0.5) is 5.69 Å². The van der Waals surface area contributed by atoms with Crippen molar-refractivity contribution >= 4 is 35.0 Å². The third kappa shape index (κ3) is 3.48. The molecule has 0 unspecified atom stereocenters. The number of amides is 1. The maximum atomic E-state index is 12.0. The highest BCUT2D eigenvalue weighted by molar-refractivity contribution is 6.33. The summed E-state index contributed by atoms with van der Waals surface area (Å²) in [7, 11) is 2.06. The molecule has 0 bridgehead atoms. The summed E-state index contributed by atoms with van der Waals surface area (Å²) in [4.78, 5) is 18.1. The second kappa shape index (κ2) is 6.92. The Labute approximate surface area is 158 Å². The minimum Gasteiger partial charge on any atom is -0.365 e. The number of nitrogens with zero attached hydrogens (tertiary/aromatic N) is 3. The van der Waals surface area contributed by atoms with Gasteiger partial charge < -0.3 is 4.90 Å². The largest absolute Gasteiger partial charge is 0.365 e. The van der Waals surface area contributed by atoms with Crippen molar-refractivity contribution in [3.05, 3.63) is 64.4 Å². The van der Waals surface area contributed by atoms with E-state index in [2.05, 4.69) is 54.3 Å². The zero-order valence-electron chi connectivity index (χ0n) is 15.2. The molecule has 1 amide bonds. The van der Waals surface area contributed by atoms with E-state index in [1.807, 2.05) is 12.1 Å². The molecule has 1 aromatic carbocycles.